The fraction of sp³-hybridized carbons (Fsp3) is 0.538. The van der Waals surface area contributed by atoms with Crippen molar-refractivity contribution in [3.8, 4) is 0 Å². The monoisotopic (exact) mass is 284 g/mol. The van der Waals surface area contributed by atoms with Crippen molar-refractivity contribution in [3.05, 3.63) is 22.4 Å². The van der Waals surface area contributed by atoms with Crippen LogP contribution in [0.5, 0.6) is 0 Å². The Kier molecular flexibility index (Phi) is 5.75. The molecule has 1 aromatic rings. The van der Waals surface area contributed by atoms with Crippen LogP contribution in [-0.2, 0) is 11.3 Å². The van der Waals surface area contributed by atoms with Crippen LogP contribution < -0.4 is 5.73 Å². The Morgan fingerprint density at radius 2 is 2.22 bits per heavy atom. The number of hydrogen-bond acceptors (Lipinski definition) is 3. The van der Waals surface area contributed by atoms with Crippen molar-refractivity contribution in [2.24, 2.45) is 11.7 Å². The van der Waals surface area contributed by atoms with Gasteiger partial charge in [0, 0.05) is 10.9 Å². The van der Waals surface area contributed by atoms with E-state index < -0.39 is 0 Å². The third-order valence-corrected chi connectivity index (χ3v) is 4.01. The zero-order valence-corrected chi connectivity index (χ0v) is 12.7. The first-order chi connectivity index (χ1) is 8.47. The zero-order chi connectivity index (χ0) is 13.7. The Hall–Kier alpha value is -0.940. The summed E-state index contributed by atoms with van der Waals surface area (Å²) < 4.78 is 0. The van der Waals surface area contributed by atoms with Gasteiger partial charge in [0.1, 0.15) is 0 Å². The van der Waals surface area contributed by atoms with Crippen molar-refractivity contribution >= 4 is 34.5 Å². The van der Waals surface area contributed by atoms with Gasteiger partial charge in [-0.3, -0.25) is 4.79 Å². The lowest BCUT2D eigenvalue weighted by molar-refractivity contribution is -0.135. The molecule has 0 aliphatic carbocycles. The smallest absolute Gasteiger partial charge is 0.233 e. The third kappa shape index (κ3) is 3.78. The highest BCUT2D eigenvalue weighted by molar-refractivity contribution is 7.80. The van der Waals surface area contributed by atoms with Gasteiger partial charge in [0.15, 0.2) is 0 Å². The number of thiophene rings is 1. The van der Waals surface area contributed by atoms with Crippen LogP contribution in [-0.4, -0.2) is 21.8 Å². The minimum absolute atomic E-state index is 0.0356. The van der Waals surface area contributed by atoms with Crippen molar-refractivity contribution in [2.75, 3.05) is 0 Å². The quantitative estimate of drug-likeness (QED) is 0.817. The number of carbonyl (C=O) groups is 1. The number of carbonyl (C=O) groups excluding carboxylic acids is 1. The minimum Gasteiger partial charge on any atom is -0.393 e. The summed E-state index contributed by atoms with van der Waals surface area (Å²) in [5, 5.41) is 2.02. The van der Waals surface area contributed by atoms with E-state index in [0.717, 1.165) is 0 Å². The maximum absolute atomic E-state index is 12.4. The van der Waals surface area contributed by atoms with E-state index in [4.69, 9.17) is 18.0 Å². The molecule has 3 nitrogen and oxygen atoms in total. The van der Waals surface area contributed by atoms with Crippen molar-refractivity contribution in [2.45, 2.75) is 39.8 Å². The largest absolute Gasteiger partial charge is 0.393 e. The molecule has 100 valence electrons. The van der Waals surface area contributed by atoms with Crippen LogP contribution >= 0.6 is 23.6 Å². The van der Waals surface area contributed by atoms with Gasteiger partial charge >= 0.3 is 0 Å². The second-order valence-electron chi connectivity index (χ2n) is 4.50. The van der Waals surface area contributed by atoms with Crippen LogP contribution in [0.1, 0.15) is 32.1 Å². The SMILES string of the molecule is CCC(C(=O)N(Cc1cccs1)C(C)C)C(N)=S. The molecule has 1 atom stereocenters. The molecule has 0 aliphatic rings. The molecule has 0 spiro atoms. The maximum atomic E-state index is 12.4. The van der Waals surface area contributed by atoms with Gasteiger partial charge in [0.2, 0.25) is 5.91 Å². The van der Waals surface area contributed by atoms with E-state index in [1.807, 2.05) is 43.2 Å². The lowest BCUT2D eigenvalue weighted by Crippen LogP contribution is -2.43. The predicted molar refractivity (Wildman–Crippen MR) is 80.6 cm³/mol. The van der Waals surface area contributed by atoms with Crippen molar-refractivity contribution < 1.29 is 4.79 Å². The Morgan fingerprint density at radius 1 is 1.56 bits per heavy atom. The van der Waals surface area contributed by atoms with Crippen molar-refractivity contribution in [1.82, 2.24) is 4.90 Å². The molecule has 0 aromatic carbocycles. The third-order valence-electron chi connectivity index (χ3n) is 2.86. The summed E-state index contributed by atoms with van der Waals surface area (Å²) in [7, 11) is 0. The highest BCUT2D eigenvalue weighted by atomic mass is 32.1. The summed E-state index contributed by atoms with van der Waals surface area (Å²) in [6, 6.07) is 4.17. The first-order valence-corrected chi connectivity index (χ1v) is 7.38. The molecule has 0 aliphatic heterocycles. The van der Waals surface area contributed by atoms with Crippen LogP contribution in [0.4, 0.5) is 0 Å². The number of hydrogen-bond donors (Lipinski definition) is 1. The van der Waals surface area contributed by atoms with Gasteiger partial charge in [0.05, 0.1) is 17.5 Å². The molecule has 0 saturated heterocycles. The van der Waals surface area contributed by atoms with E-state index in [1.54, 1.807) is 11.3 Å². The van der Waals surface area contributed by atoms with Gasteiger partial charge in [0.25, 0.3) is 0 Å². The average molecular weight is 284 g/mol. The van der Waals surface area contributed by atoms with Crippen molar-refractivity contribution in [3.63, 3.8) is 0 Å². The molecular weight excluding hydrogens is 264 g/mol. The Bertz CT molecular complexity index is 401. The Labute approximate surface area is 118 Å². The van der Waals surface area contributed by atoms with Crippen LogP contribution in [0.15, 0.2) is 17.5 Å². The molecular formula is C13H20N2OS2. The maximum Gasteiger partial charge on any atom is 0.233 e. The lowest BCUT2D eigenvalue weighted by Gasteiger charge is -2.29. The summed E-state index contributed by atoms with van der Waals surface area (Å²) in [4.78, 5) is 15.8. The standard InChI is InChI=1S/C13H20N2OS2/c1-4-11(12(14)17)13(16)15(9(2)3)8-10-6-5-7-18-10/h5-7,9,11H,4,8H2,1-3H3,(H2,14,17). The molecule has 1 aromatic heterocycles. The van der Waals surface area contributed by atoms with Crippen molar-refractivity contribution in [1.29, 1.82) is 0 Å². The van der Waals surface area contributed by atoms with Crippen LogP contribution in [0, 0.1) is 5.92 Å². The number of amides is 1. The topological polar surface area (TPSA) is 46.3 Å². The number of rotatable bonds is 6. The summed E-state index contributed by atoms with van der Waals surface area (Å²) >= 11 is 6.63. The van der Waals surface area contributed by atoms with Crippen LogP contribution in [0.2, 0.25) is 0 Å². The van der Waals surface area contributed by atoms with Gasteiger partial charge in [-0.1, -0.05) is 25.2 Å². The Balaban J connectivity index is 2.84. The Morgan fingerprint density at radius 3 is 2.61 bits per heavy atom. The number of nitrogens with two attached hydrogens (primary N) is 1. The second-order valence-corrected chi connectivity index (χ2v) is 6.01. The molecule has 0 fully saturated rings. The summed E-state index contributed by atoms with van der Waals surface area (Å²) in [6.45, 7) is 6.59. The first kappa shape index (κ1) is 15.1. The lowest BCUT2D eigenvalue weighted by atomic mass is 10.0. The van der Waals surface area contributed by atoms with Crippen LogP contribution in [0.25, 0.3) is 0 Å². The molecule has 1 rings (SSSR count). The first-order valence-electron chi connectivity index (χ1n) is 6.09. The molecule has 5 heteroatoms. The highest BCUT2D eigenvalue weighted by Gasteiger charge is 2.27. The summed E-state index contributed by atoms with van der Waals surface area (Å²) in [5.41, 5.74) is 5.65. The summed E-state index contributed by atoms with van der Waals surface area (Å²) in [5.74, 6) is -0.309. The van der Waals surface area contributed by atoms with E-state index in [9.17, 15) is 4.79 Å². The molecule has 0 radical (unpaired) electrons. The molecule has 1 heterocycles. The normalized spacial score (nSPS) is 12.4. The second kappa shape index (κ2) is 6.85. The fourth-order valence-electron chi connectivity index (χ4n) is 1.78. The van der Waals surface area contributed by atoms with Gasteiger partial charge in [-0.2, -0.15) is 0 Å². The van der Waals surface area contributed by atoms with E-state index >= 15 is 0 Å². The molecule has 1 amide bonds. The van der Waals surface area contributed by atoms with Gasteiger partial charge in [-0.15, -0.1) is 11.3 Å². The van der Waals surface area contributed by atoms with E-state index in [0.29, 0.717) is 18.0 Å². The minimum atomic E-state index is -0.345. The van der Waals surface area contributed by atoms with Crippen LogP contribution in [0.3, 0.4) is 0 Å². The number of thiocarbonyl (C=S) groups is 1. The predicted octanol–water partition coefficient (Wildman–Crippen LogP) is 2.80. The number of nitrogens with zero attached hydrogens (tertiary/aromatic N) is 1. The van der Waals surface area contributed by atoms with Gasteiger partial charge in [-0.25, -0.2) is 0 Å². The van der Waals surface area contributed by atoms with E-state index in [2.05, 4.69) is 0 Å². The van der Waals surface area contributed by atoms with E-state index in [-0.39, 0.29) is 17.9 Å². The highest BCUT2D eigenvalue weighted by Crippen LogP contribution is 2.18. The zero-order valence-electron chi connectivity index (χ0n) is 11.1. The van der Waals surface area contributed by atoms with Gasteiger partial charge < -0.3 is 10.6 Å². The molecule has 2 N–H and O–H groups in total. The molecule has 1 unspecified atom stereocenters. The average Bonchev–Trinajstić information content (AvgIpc) is 2.78. The van der Waals surface area contributed by atoms with Gasteiger partial charge in [-0.05, 0) is 31.7 Å². The molecule has 18 heavy (non-hydrogen) atoms. The fourth-order valence-corrected chi connectivity index (χ4v) is 2.75. The summed E-state index contributed by atoms with van der Waals surface area (Å²) in [6.07, 6.45) is 0.655. The molecule has 0 bridgehead atoms. The van der Waals surface area contributed by atoms with E-state index in [1.165, 1.54) is 4.88 Å². The molecule has 0 saturated carbocycles.